The van der Waals surface area contributed by atoms with Crippen molar-refractivity contribution in [2.24, 2.45) is 5.92 Å². The summed E-state index contributed by atoms with van der Waals surface area (Å²) in [7, 11) is 0. The summed E-state index contributed by atoms with van der Waals surface area (Å²) in [6.07, 6.45) is 13.5. The van der Waals surface area contributed by atoms with Crippen LogP contribution in [0.4, 0.5) is 0 Å². The second-order valence-electron chi connectivity index (χ2n) is 6.78. The highest BCUT2D eigenvalue weighted by molar-refractivity contribution is 5.83. The van der Waals surface area contributed by atoms with Gasteiger partial charge in [-0.25, -0.2) is 4.79 Å². The van der Waals surface area contributed by atoms with Gasteiger partial charge in [0.05, 0.1) is 6.61 Å². The number of rotatable bonds is 6. The summed E-state index contributed by atoms with van der Waals surface area (Å²) in [6.45, 7) is 13.1. The molecule has 1 aliphatic carbocycles. The van der Waals surface area contributed by atoms with Gasteiger partial charge in [-0.15, -0.1) is 0 Å². The summed E-state index contributed by atoms with van der Waals surface area (Å²) < 4.78 is 4.91. The molecule has 0 heterocycles. The third-order valence-electron chi connectivity index (χ3n) is 4.13. The number of carbonyl (C=O) groups is 1. The summed E-state index contributed by atoms with van der Waals surface area (Å²) >= 11 is 0. The largest absolute Gasteiger partial charge is 0.463 e. The van der Waals surface area contributed by atoms with E-state index in [-0.39, 0.29) is 5.97 Å². The molecular formula is C22H32O2. The van der Waals surface area contributed by atoms with Gasteiger partial charge >= 0.3 is 5.97 Å². The minimum atomic E-state index is -0.285. The van der Waals surface area contributed by atoms with Gasteiger partial charge in [0.15, 0.2) is 0 Å². The number of allylic oxidation sites excluding steroid dienone is 9. The van der Waals surface area contributed by atoms with Crippen molar-refractivity contribution >= 4 is 5.97 Å². The van der Waals surface area contributed by atoms with Crippen LogP contribution in [0.3, 0.4) is 0 Å². The van der Waals surface area contributed by atoms with Gasteiger partial charge in [-0.3, -0.25) is 0 Å². The molecule has 24 heavy (non-hydrogen) atoms. The molecule has 0 radical (unpaired) electrons. The molecule has 0 bridgehead atoms. The Hall–Kier alpha value is -1.83. The van der Waals surface area contributed by atoms with Crippen LogP contribution in [0.5, 0.6) is 0 Å². The zero-order chi connectivity index (χ0) is 18.1. The summed E-state index contributed by atoms with van der Waals surface area (Å²) in [4.78, 5) is 11.4. The third-order valence-corrected chi connectivity index (χ3v) is 4.13. The van der Waals surface area contributed by atoms with E-state index in [1.807, 2.05) is 26.0 Å². The van der Waals surface area contributed by atoms with Crippen LogP contribution < -0.4 is 0 Å². The Morgan fingerprint density at radius 2 is 1.92 bits per heavy atom. The van der Waals surface area contributed by atoms with Gasteiger partial charge in [-0.1, -0.05) is 49.3 Å². The van der Waals surface area contributed by atoms with Gasteiger partial charge in [-0.05, 0) is 69.6 Å². The lowest BCUT2D eigenvalue weighted by atomic mass is 9.81. The fraction of sp³-hybridized carbons (Fsp3) is 0.500. The average Bonchev–Trinajstić information content (AvgIpc) is 2.46. The number of carbonyl (C=O) groups excluding carboxylic acids is 1. The maximum atomic E-state index is 11.4. The molecule has 1 aliphatic rings. The van der Waals surface area contributed by atoms with Crippen LogP contribution in [-0.2, 0) is 9.53 Å². The first kappa shape index (κ1) is 20.2. The molecule has 0 unspecified atom stereocenters. The van der Waals surface area contributed by atoms with Crippen molar-refractivity contribution in [1.82, 2.24) is 0 Å². The van der Waals surface area contributed by atoms with E-state index in [0.29, 0.717) is 12.5 Å². The van der Waals surface area contributed by atoms with E-state index in [4.69, 9.17) is 4.74 Å². The number of ether oxygens (including phenoxy) is 1. The normalized spacial score (nSPS) is 18.9. The van der Waals surface area contributed by atoms with Crippen molar-refractivity contribution < 1.29 is 9.53 Å². The molecule has 0 fully saturated rings. The van der Waals surface area contributed by atoms with Crippen molar-refractivity contribution in [1.29, 1.82) is 0 Å². The van der Waals surface area contributed by atoms with Gasteiger partial charge in [0.1, 0.15) is 0 Å². The average molecular weight is 328 g/mol. The van der Waals surface area contributed by atoms with Crippen LogP contribution in [0.25, 0.3) is 0 Å². The lowest BCUT2D eigenvalue weighted by Crippen LogP contribution is -2.07. The van der Waals surface area contributed by atoms with E-state index in [1.54, 1.807) is 5.57 Å². The quantitative estimate of drug-likeness (QED) is 0.335. The zero-order valence-electron chi connectivity index (χ0n) is 16.1. The van der Waals surface area contributed by atoms with E-state index in [1.165, 1.54) is 42.1 Å². The SMILES string of the molecule is CCOC(=O)/C=C(C)/C=C/C=C(C)\C=C1/CCCC(C)=C1C(C)C. The smallest absolute Gasteiger partial charge is 0.330 e. The highest BCUT2D eigenvalue weighted by atomic mass is 16.5. The predicted octanol–water partition coefficient (Wildman–Crippen LogP) is 6.08. The van der Waals surface area contributed by atoms with Crippen molar-refractivity contribution in [3.63, 3.8) is 0 Å². The molecule has 0 saturated heterocycles. The van der Waals surface area contributed by atoms with E-state index in [0.717, 1.165) is 5.57 Å². The summed E-state index contributed by atoms with van der Waals surface area (Å²) in [5, 5.41) is 0. The van der Waals surface area contributed by atoms with Crippen LogP contribution >= 0.6 is 0 Å². The second kappa shape index (κ2) is 10.1. The predicted molar refractivity (Wildman–Crippen MR) is 103 cm³/mol. The first-order valence-corrected chi connectivity index (χ1v) is 8.95. The van der Waals surface area contributed by atoms with Gasteiger partial charge in [0, 0.05) is 6.08 Å². The van der Waals surface area contributed by atoms with Gasteiger partial charge in [-0.2, -0.15) is 0 Å². The van der Waals surface area contributed by atoms with E-state index >= 15 is 0 Å². The van der Waals surface area contributed by atoms with E-state index in [2.05, 4.69) is 39.8 Å². The topological polar surface area (TPSA) is 26.3 Å². The van der Waals surface area contributed by atoms with Gasteiger partial charge < -0.3 is 4.74 Å². The molecule has 0 aliphatic heterocycles. The van der Waals surface area contributed by atoms with Crippen LogP contribution in [0.1, 0.15) is 60.8 Å². The number of esters is 1. The van der Waals surface area contributed by atoms with Crippen molar-refractivity contribution in [3.8, 4) is 0 Å². The molecule has 0 N–H and O–H groups in total. The first-order chi connectivity index (χ1) is 11.3. The van der Waals surface area contributed by atoms with Crippen molar-refractivity contribution in [2.75, 3.05) is 6.61 Å². The molecule has 132 valence electrons. The van der Waals surface area contributed by atoms with E-state index in [9.17, 15) is 4.79 Å². The van der Waals surface area contributed by atoms with Crippen molar-refractivity contribution in [3.05, 3.63) is 58.2 Å². The Balaban J connectivity index is 2.84. The molecule has 2 nitrogen and oxygen atoms in total. The first-order valence-electron chi connectivity index (χ1n) is 8.95. The molecular weight excluding hydrogens is 296 g/mol. The summed E-state index contributed by atoms with van der Waals surface area (Å²) in [5.74, 6) is 0.293. The molecule has 0 aromatic heterocycles. The van der Waals surface area contributed by atoms with Gasteiger partial charge in [0.25, 0.3) is 0 Å². The monoisotopic (exact) mass is 328 g/mol. The molecule has 0 aromatic rings. The number of hydrogen-bond donors (Lipinski definition) is 0. The van der Waals surface area contributed by atoms with Crippen LogP contribution in [0, 0.1) is 5.92 Å². The Kier molecular flexibility index (Phi) is 8.53. The van der Waals surface area contributed by atoms with Crippen LogP contribution in [-0.4, -0.2) is 12.6 Å². The lowest BCUT2D eigenvalue weighted by molar-refractivity contribution is -0.137. The zero-order valence-corrected chi connectivity index (χ0v) is 16.1. The standard InChI is InChI=1S/C22H32O2/c1-7-24-21(23)15-18(5)11-8-10-17(4)14-20-13-9-12-19(6)22(20)16(2)3/h8,10-11,14-16H,7,9,12-13H2,1-6H3/b11-8+,17-10-,18-15+,20-14+. The van der Waals surface area contributed by atoms with Crippen molar-refractivity contribution in [2.45, 2.75) is 60.8 Å². The molecule has 0 saturated carbocycles. The maximum absolute atomic E-state index is 11.4. The summed E-state index contributed by atoms with van der Waals surface area (Å²) in [6, 6.07) is 0. The Morgan fingerprint density at radius 3 is 2.54 bits per heavy atom. The molecule has 0 spiro atoms. The fourth-order valence-corrected chi connectivity index (χ4v) is 3.19. The summed E-state index contributed by atoms with van der Waals surface area (Å²) in [5.41, 5.74) is 6.68. The Morgan fingerprint density at radius 1 is 1.21 bits per heavy atom. The fourth-order valence-electron chi connectivity index (χ4n) is 3.19. The Labute approximate surface area is 147 Å². The Bertz CT molecular complexity index is 595. The molecule has 2 heteroatoms. The highest BCUT2D eigenvalue weighted by Gasteiger charge is 2.17. The molecule has 0 aromatic carbocycles. The minimum absolute atomic E-state index is 0.285. The van der Waals surface area contributed by atoms with Crippen LogP contribution in [0.2, 0.25) is 0 Å². The molecule has 1 rings (SSSR count). The molecule has 0 atom stereocenters. The third kappa shape index (κ3) is 6.74. The van der Waals surface area contributed by atoms with Gasteiger partial charge in [0.2, 0.25) is 0 Å². The molecule has 0 amide bonds. The lowest BCUT2D eigenvalue weighted by Gasteiger charge is -2.24. The minimum Gasteiger partial charge on any atom is -0.463 e. The second-order valence-corrected chi connectivity index (χ2v) is 6.78. The van der Waals surface area contributed by atoms with E-state index < -0.39 is 0 Å². The van der Waals surface area contributed by atoms with Crippen LogP contribution in [0.15, 0.2) is 58.2 Å². The maximum Gasteiger partial charge on any atom is 0.330 e. The number of hydrogen-bond acceptors (Lipinski definition) is 2. The highest BCUT2D eigenvalue weighted by Crippen LogP contribution is 2.34.